The van der Waals surface area contributed by atoms with Crippen molar-refractivity contribution in [3.05, 3.63) is 52.1 Å². The highest BCUT2D eigenvalue weighted by atomic mass is 32.1. The zero-order valence-corrected chi connectivity index (χ0v) is 18.6. The van der Waals surface area contributed by atoms with Crippen LogP contribution in [0.2, 0.25) is 0 Å². The highest BCUT2D eigenvalue weighted by Crippen LogP contribution is 2.32. The predicted octanol–water partition coefficient (Wildman–Crippen LogP) is 2.97. The van der Waals surface area contributed by atoms with Gasteiger partial charge in [0.2, 0.25) is 0 Å². The minimum Gasteiger partial charge on any atom is -0.396 e. The van der Waals surface area contributed by atoms with Crippen molar-refractivity contribution in [3.63, 3.8) is 0 Å². The Labute approximate surface area is 185 Å². The molecule has 8 heteroatoms. The number of aliphatic hydroxyl groups is 1. The third-order valence-corrected chi connectivity index (χ3v) is 6.82. The second kappa shape index (κ2) is 9.70. The highest BCUT2D eigenvalue weighted by Gasteiger charge is 2.32. The van der Waals surface area contributed by atoms with E-state index in [0.29, 0.717) is 47.1 Å². The number of fused-ring (bicyclic) bond motifs is 1. The molecule has 164 valence electrons. The number of aryl methyl sites for hydroxylation is 2. The van der Waals surface area contributed by atoms with E-state index in [-0.39, 0.29) is 24.0 Å². The lowest BCUT2D eigenvalue weighted by Gasteiger charge is -2.22. The molecule has 4 rings (SSSR count). The summed E-state index contributed by atoms with van der Waals surface area (Å²) >= 11 is 1.39. The summed E-state index contributed by atoms with van der Waals surface area (Å²) < 4.78 is 1.63. The summed E-state index contributed by atoms with van der Waals surface area (Å²) in [6.07, 6.45) is 4.11. The summed E-state index contributed by atoms with van der Waals surface area (Å²) in [6.45, 7) is 3.25. The number of aliphatic hydroxyl groups excluding tert-OH is 1. The van der Waals surface area contributed by atoms with Gasteiger partial charge in [-0.15, -0.1) is 0 Å². The second-order valence-electron chi connectivity index (χ2n) is 7.86. The molecule has 0 saturated carbocycles. The summed E-state index contributed by atoms with van der Waals surface area (Å²) in [7, 11) is 0. The molecule has 2 aromatic heterocycles. The van der Waals surface area contributed by atoms with Gasteiger partial charge in [-0.25, -0.2) is 9.97 Å². The van der Waals surface area contributed by atoms with Gasteiger partial charge in [-0.3, -0.25) is 14.2 Å². The van der Waals surface area contributed by atoms with Crippen LogP contribution in [0.15, 0.2) is 35.1 Å². The van der Waals surface area contributed by atoms with E-state index in [9.17, 15) is 9.59 Å². The largest absolute Gasteiger partial charge is 0.396 e. The van der Waals surface area contributed by atoms with Gasteiger partial charge in [0, 0.05) is 32.5 Å². The number of hydrogen-bond acceptors (Lipinski definition) is 7. The Balaban J connectivity index is 1.57. The molecule has 1 N–H and O–H groups in total. The first-order valence-corrected chi connectivity index (χ1v) is 11.8. The van der Waals surface area contributed by atoms with E-state index in [1.165, 1.54) is 16.9 Å². The van der Waals surface area contributed by atoms with Crippen molar-refractivity contribution in [2.24, 2.45) is 0 Å². The number of anilines is 1. The number of rotatable bonds is 9. The first kappa shape index (κ1) is 21.6. The summed E-state index contributed by atoms with van der Waals surface area (Å²) in [4.78, 5) is 37.9. The fraction of sp³-hybridized carbons (Fsp3) is 0.478. The third kappa shape index (κ3) is 4.55. The number of thiazole rings is 1. The zero-order valence-electron chi connectivity index (χ0n) is 17.8. The van der Waals surface area contributed by atoms with Crippen LogP contribution in [0.3, 0.4) is 0 Å². The molecule has 0 radical (unpaired) electrons. The molecule has 0 unspecified atom stereocenters. The minimum absolute atomic E-state index is 0.0616. The van der Waals surface area contributed by atoms with Gasteiger partial charge >= 0.3 is 0 Å². The Kier molecular flexibility index (Phi) is 6.77. The number of carbonyl (C=O) groups is 1. The van der Waals surface area contributed by atoms with Crippen LogP contribution in [0.25, 0.3) is 10.3 Å². The maximum Gasteiger partial charge on any atom is 0.281 e. The number of aromatic nitrogens is 3. The van der Waals surface area contributed by atoms with Gasteiger partial charge in [0.25, 0.3) is 5.56 Å². The van der Waals surface area contributed by atoms with Gasteiger partial charge in [0.05, 0.1) is 6.04 Å². The summed E-state index contributed by atoms with van der Waals surface area (Å²) in [5, 5.41) is 9.86. The molecule has 1 aromatic carbocycles. The van der Waals surface area contributed by atoms with Crippen LogP contribution in [0, 0.1) is 0 Å². The van der Waals surface area contributed by atoms with Crippen LogP contribution in [0.5, 0.6) is 0 Å². The molecule has 1 aliphatic rings. The Bertz CT molecular complexity index is 1110. The second-order valence-corrected chi connectivity index (χ2v) is 8.81. The van der Waals surface area contributed by atoms with Crippen LogP contribution in [-0.4, -0.2) is 44.6 Å². The molecule has 3 heterocycles. The van der Waals surface area contributed by atoms with Gasteiger partial charge in [-0.1, -0.05) is 41.7 Å². The van der Waals surface area contributed by atoms with E-state index >= 15 is 0 Å². The fourth-order valence-electron chi connectivity index (χ4n) is 4.23. The standard InChI is InChI=1S/C23H28N4O3S/c1-2-26-19(11-7-15-28)24-21-20(22(26)30)25-23(31-21)27-14-6-10-17(27)18(29)13-12-16-8-4-3-5-9-16/h3-5,8-9,17,28H,2,6-7,10-15H2,1H3/t17-/m1/s1. The van der Waals surface area contributed by atoms with Crippen molar-refractivity contribution < 1.29 is 9.90 Å². The van der Waals surface area contributed by atoms with Crippen LogP contribution < -0.4 is 10.5 Å². The molecule has 0 amide bonds. The normalized spacial score (nSPS) is 16.3. The van der Waals surface area contributed by atoms with E-state index in [0.717, 1.165) is 25.8 Å². The molecular weight excluding hydrogens is 412 g/mol. The molecule has 7 nitrogen and oxygen atoms in total. The van der Waals surface area contributed by atoms with Crippen molar-refractivity contribution in [2.75, 3.05) is 18.1 Å². The van der Waals surface area contributed by atoms with Crippen molar-refractivity contribution in [1.29, 1.82) is 0 Å². The summed E-state index contributed by atoms with van der Waals surface area (Å²) in [6, 6.07) is 9.87. The van der Waals surface area contributed by atoms with Crippen LogP contribution in [0.4, 0.5) is 5.13 Å². The summed E-state index contributed by atoms with van der Waals surface area (Å²) in [5.74, 6) is 0.907. The van der Waals surface area contributed by atoms with Crippen molar-refractivity contribution in [2.45, 2.75) is 58.0 Å². The van der Waals surface area contributed by atoms with E-state index in [1.807, 2.05) is 37.3 Å². The average molecular weight is 441 g/mol. The van der Waals surface area contributed by atoms with Gasteiger partial charge in [0.15, 0.2) is 21.3 Å². The van der Waals surface area contributed by atoms with Crippen molar-refractivity contribution in [3.8, 4) is 0 Å². The monoisotopic (exact) mass is 440 g/mol. The average Bonchev–Trinajstić information content (AvgIpc) is 3.44. The van der Waals surface area contributed by atoms with E-state index < -0.39 is 0 Å². The molecule has 1 fully saturated rings. The molecule has 31 heavy (non-hydrogen) atoms. The predicted molar refractivity (Wildman–Crippen MR) is 123 cm³/mol. The number of carbonyl (C=O) groups excluding carboxylic acids is 1. The Morgan fingerprint density at radius 2 is 2.03 bits per heavy atom. The Morgan fingerprint density at radius 1 is 1.23 bits per heavy atom. The number of Topliss-reactive ketones (excluding diaryl/α,β-unsaturated/α-hetero) is 1. The summed E-state index contributed by atoms with van der Waals surface area (Å²) in [5.41, 5.74) is 1.39. The maximum absolute atomic E-state index is 13.0. The van der Waals surface area contributed by atoms with E-state index in [1.54, 1.807) is 4.57 Å². The Morgan fingerprint density at radius 3 is 2.77 bits per heavy atom. The van der Waals surface area contributed by atoms with E-state index in [4.69, 9.17) is 5.11 Å². The SMILES string of the molecule is CCn1c(CCCO)nc2sc(N3CCC[C@@H]3C(=O)CCc3ccccc3)nc2c1=O. The molecule has 1 atom stereocenters. The van der Waals surface area contributed by atoms with Crippen LogP contribution in [0.1, 0.15) is 44.0 Å². The molecule has 0 spiro atoms. The first-order chi connectivity index (χ1) is 15.1. The topological polar surface area (TPSA) is 88.3 Å². The number of benzene rings is 1. The van der Waals surface area contributed by atoms with Crippen molar-refractivity contribution in [1.82, 2.24) is 14.5 Å². The highest BCUT2D eigenvalue weighted by molar-refractivity contribution is 7.21. The molecular formula is C23H28N4O3S. The lowest BCUT2D eigenvalue weighted by molar-refractivity contribution is -0.120. The first-order valence-electron chi connectivity index (χ1n) is 11.0. The van der Waals surface area contributed by atoms with Gasteiger partial charge < -0.3 is 10.0 Å². The zero-order chi connectivity index (χ0) is 21.8. The maximum atomic E-state index is 13.0. The smallest absolute Gasteiger partial charge is 0.281 e. The lowest BCUT2D eigenvalue weighted by Crippen LogP contribution is -2.36. The number of hydrogen-bond donors (Lipinski definition) is 1. The fourth-order valence-corrected chi connectivity index (χ4v) is 5.25. The Hall–Kier alpha value is -2.58. The molecule has 3 aromatic rings. The number of ketones is 1. The molecule has 1 saturated heterocycles. The van der Waals surface area contributed by atoms with Gasteiger partial charge in [-0.05, 0) is 38.2 Å². The minimum atomic E-state index is -0.188. The van der Waals surface area contributed by atoms with Crippen molar-refractivity contribution >= 4 is 32.6 Å². The lowest BCUT2D eigenvalue weighted by atomic mass is 10.0. The molecule has 0 bridgehead atoms. The van der Waals surface area contributed by atoms with Gasteiger partial charge in [0.1, 0.15) is 5.82 Å². The number of nitrogens with zero attached hydrogens (tertiary/aromatic N) is 4. The van der Waals surface area contributed by atoms with E-state index in [2.05, 4.69) is 14.9 Å². The van der Waals surface area contributed by atoms with Crippen LogP contribution >= 0.6 is 11.3 Å². The quantitative estimate of drug-likeness (QED) is 0.550. The molecule has 0 aliphatic carbocycles. The van der Waals surface area contributed by atoms with Gasteiger partial charge in [-0.2, -0.15) is 0 Å². The molecule has 1 aliphatic heterocycles. The third-order valence-electron chi connectivity index (χ3n) is 5.84. The van der Waals surface area contributed by atoms with Crippen LogP contribution in [-0.2, 0) is 24.2 Å².